The topological polar surface area (TPSA) is 44.5 Å². The fourth-order valence-corrected chi connectivity index (χ4v) is 1.70. The summed E-state index contributed by atoms with van der Waals surface area (Å²) in [6.07, 6.45) is -15.1. The van der Waals surface area contributed by atoms with E-state index in [1.54, 1.807) is 0 Å². The molecule has 21 heavy (non-hydrogen) atoms. The third kappa shape index (κ3) is 4.16. The van der Waals surface area contributed by atoms with Crippen LogP contribution in [0.25, 0.3) is 0 Å². The Balaban J connectivity index is 3.28. The maximum atomic E-state index is 12.5. The molecule has 0 spiro atoms. The lowest BCUT2D eigenvalue weighted by molar-refractivity contribution is -0.300. The molecule has 0 aliphatic heterocycles. The summed E-state index contributed by atoms with van der Waals surface area (Å²) in [5, 5.41) is 0. The SMILES string of the molecule is COc1cccc(OC(C(F)(F)F)C(F)(F)F)c1C(C)N. The minimum atomic E-state index is -5.60. The molecule has 1 aromatic carbocycles. The van der Waals surface area contributed by atoms with E-state index >= 15 is 0 Å². The van der Waals surface area contributed by atoms with Gasteiger partial charge in [-0.1, -0.05) is 6.07 Å². The second kappa shape index (κ2) is 6.00. The summed E-state index contributed by atoms with van der Waals surface area (Å²) >= 11 is 0. The van der Waals surface area contributed by atoms with Crippen LogP contribution in [0.4, 0.5) is 26.3 Å². The van der Waals surface area contributed by atoms with E-state index < -0.39 is 30.2 Å². The Morgan fingerprint density at radius 2 is 1.48 bits per heavy atom. The van der Waals surface area contributed by atoms with Crippen molar-refractivity contribution < 1.29 is 35.8 Å². The highest BCUT2D eigenvalue weighted by Crippen LogP contribution is 2.40. The van der Waals surface area contributed by atoms with Gasteiger partial charge in [-0.05, 0) is 19.1 Å². The summed E-state index contributed by atoms with van der Waals surface area (Å²) in [6.45, 7) is 1.39. The molecular formula is C12H13F6NO2. The first-order valence-corrected chi connectivity index (χ1v) is 5.71. The van der Waals surface area contributed by atoms with Gasteiger partial charge in [0.15, 0.2) is 0 Å². The summed E-state index contributed by atoms with van der Waals surface area (Å²) in [5.41, 5.74) is 5.49. The van der Waals surface area contributed by atoms with E-state index in [2.05, 4.69) is 4.74 Å². The van der Waals surface area contributed by atoms with Gasteiger partial charge in [-0.3, -0.25) is 0 Å². The molecule has 0 amide bonds. The number of benzene rings is 1. The van der Waals surface area contributed by atoms with Crippen molar-refractivity contribution in [1.82, 2.24) is 0 Å². The molecular weight excluding hydrogens is 304 g/mol. The average Bonchev–Trinajstić information content (AvgIpc) is 2.32. The van der Waals surface area contributed by atoms with Crippen molar-refractivity contribution in [3.8, 4) is 11.5 Å². The van der Waals surface area contributed by atoms with Crippen LogP contribution >= 0.6 is 0 Å². The molecule has 1 rings (SSSR count). The van der Waals surface area contributed by atoms with Crippen LogP contribution < -0.4 is 15.2 Å². The van der Waals surface area contributed by atoms with Gasteiger partial charge in [0.25, 0.3) is 6.10 Å². The Morgan fingerprint density at radius 1 is 1.00 bits per heavy atom. The molecule has 9 heteroatoms. The standard InChI is InChI=1S/C12H13F6NO2/c1-6(19)9-7(20-2)4-3-5-8(9)21-10(11(13,14)15)12(16,17)18/h3-6,10H,19H2,1-2H3. The predicted octanol–water partition coefficient (Wildman–Crippen LogP) is 3.59. The summed E-state index contributed by atoms with van der Waals surface area (Å²) in [6, 6.07) is 2.68. The molecule has 0 aliphatic rings. The monoisotopic (exact) mass is 317 g/mol. The maximum absolute atomic E-state index is 12.5. The van der Waals surface area contributed by atoms with Gasteiger partial charge < -0.3 is 15.2 Å². The van der Waals surface area contributed by atoms with E-state index in [-0.39, 0.29) is 11.3 Å². The molecule has 0 bridgehead atoms. The Hall–Kier alpha value is -1.64. The van der Waals surface area contributed by atoms with Crippen molar-refractivity contribution in [3.63, 3.8) is 0 Å². The van der Waals surface area contributed by atoms with Crippen LogP contribution in [0, 0.1) is 0 Å². The molecule has 0 aliphatic carbocycles. The fourth-order valence-electron chi connectivity index (χ4n) is 1.70. The van der Waals surface area contributed by atoms with Crippen LogP contribution in [0.15, 0.2) is 18.2 Å². The van der Waals surface area contributed by atoms with Gasteiger partial charge in [0.2, 0.25) is 0 Å². The van der Waals surface area contributed by atoms with Crippen molar-refractivity contribution >= 4 is 0 Å². The van der Waals surface area contributed by atoms with Gasteiger partial charge in [0.05, 0.1) is 12.7 Å². The molecule has 1 unspecified atom stereocenters. The quantitative estimate of drug-likeness (QED) is 0.863. The highest BCUT2D eigenvalue weighted by atomic mass is 19.4. The minimum Gasteiger partial charge on any atom is -0.496 e. The number of rotatable bonds is 4. The molecule has 0 saturated heterocycles. The lowest BCUT2D eigenvalue weighted by Crippen LogP contribution is -2.46. The number of methoxy groups -OCH3 is 1. The van der Waals surface area contributed by atoms with Crippen LogP contribution in [-0.2, 0) is 0 Å². The molecule has 0 heterocycles. The third-order valence-electron chi connectivity index (χ3n) is 2.54. The first kappa shape index (κ1) is 17.4. The van der Waals surface area contributed by atoms with Crippen molar-refractivity contribution in [1.29, 1.82) is 0 Å². The maximum Gasteiger partial charge on any atom is 0.434 e. The van der Waals surface area contributed by atoms with E-state index in [1.165, 1.54) is 26.2 Å². The van der Waals surface area contributed by atoms with Gasteiger partial charge >= 0.3 is 12.4 Å². The summed E-state index contributed by atoms with van der Waals surface area (Å²) < 4.78 is 84.1. The normalized spacial score (nSPS) is 14.2. The second-order valence-corrected chi connectivity index (χ2v) is 4.24. The van der Waals surface area contributed by atoms with Gasteiger partial charge in [-0.25, -0.2) is 0 Å². The highest BCUT2D eigenvalue weighted by Gasteiger charge is 2.59. The zero-order valence-electron chi connectivity index (χ0n) is 11.0. The number of nitrogens with two attached hydrogens (primary N) is 1. The van der Waals surface area contributed by atoms with Crippen molar-refractivity contribution in [3.05, 3.63) is 23.8 Å². The van der Waals surface area contributed by atoms with Crippen LogP contribution in [0.1, 0.15) is 18.5 Å². The Bertz CT molecular complexity index is 470. The zero-order valence-corrected chi connectivity index (χ0v) is 11.0. The Kier molecular flexibility index (Phi) is 4.98. The highest BCUT2D eigenvalue weighted by molar-refractivity contribution is 5.46. The number of hydrogen-bond donors (Lipinski definition) is 1. The minimum absolute atomic E-state index is 0.0469. The van der Waals surface area contributed by atoms with E-state index in [0.29, 0.717) is 0 Å². The van der Waals surface area contributed by atoms with Crippen LogP contribution in [0.3, 0.4) is 0 Å². The van der Waals surface area contributed by atoms with Crippen molar-refractivity contribution in [2.24, 2.45) is 5.73 Å². The smallest absolute Gasteiger partial charge is 0.434 e. The van der Waals surface area contributed by atoms with Gasteiger partial charge in [-0.15, -0.1) is 0 Å². The molecule has 1 atom stereocenters. The van der Waals surface area contributed by atoms with Crippen molar-refractivity contribution in [2.45, 2.75) is 31.4 Å². The van der Waals surface area contributed by atoms with Gasteiger partial charge in [-0.2, -0.15) is 26.3 Å². The largest absolute Gasteiger partial charge is 0.496 e. The summed E-state index contributed by atoms with van der Waals surface area (Å²) in [7, 11) is 1.22. The lowest BCUT2D eigenvalue weighted by Gasteiger charge is -2.26. The summed E-state index contributed by atoms with van der Waals surface area (Å²) in [4.78, 5) is 0. The molecule has 3 nitrogen and oxygen atoms in total. The average molecular weight is 317 g/mol. The zero-order chi connectivity index (χ0) is 16.4. The predicted molar refractivity (Wildman–Crippen MR) is 62.1 cm³/mol. The number of hydrogen-bond acceptors (Lipinski definition) is 3. The molecule has 0 aromatic heterocycles. The number of alkyl halides is 6. The molecule has 2 N–H and O–H groups in total. The van der Waals surface area contributed by atoms with E-state index in [9.17, 15) is 26.3 Å². The van der Waals surface area contributed by atoms with Gasteiger partial charge in [0, 0.05) is 6.04 Å². The molecule has 0 fully saturated rings. The van der Waals surface area contributed by atoms with E-state index in [0.717, 1.165) is 6.07 Å². The first-order valence-electron chi connectivity index (χ1n) is 5.71. The van der Waals surface area contributed by atoms with Crippen molar-refractivity contribution in [2.75, 3.05) is 7.11 Å². The molecule has 120 valence electrons. The number of halogens is 6. The summed E-state index contributed by atoms with van der Waals surface area (Å²) in [5.74, 6) is -0.574. The van der Waals surface area contributed by atoms with Crippen LogP contribution in [0.5, 0.6) is 11.5 Å². The first-order chi connectivity index (χ1) is 9.48. The Labute approximate surface area is 116 Å². The third-order valence-corrected chi connectivity index (χ3v) is 2.54. The lowest BCUT2D eigenvalue weighted by atomic mass is 10.1. The van der Waals surface area contributed by atoms with Crippen LogP contribution in [-0.4, -0.2) is 25.6 Å². The molecule has 0 radical (unpaired) electrons. The molecule has 0 saturated carbocycles. The second-order valence-electron chi connectivity index (χ2n) is 4.24. The van der Waals surface area contributed by atoms with Crippen LogP contribution in [0.2, 0.25) is 0 Å². The van der Waals surface area contributed by atoms with E-state index in [4.69, 9.17) is 10.5 Å². The molecule has 1 aromatic rings. The van der Waals surface area contributed by atoms with Gasteiger partial charge in [0.1, 0.15) is 11.5 Å². The Morgan fingerprint density at radius 3 is 1.86 bits per heavy atom. The van der Waals surface area contributed by atoms with E-state index in [1.807, 2.05) is 0 Å². The number of ether oxygens (including phenoxy) is 2. The fraction of sp³-hybridized carbons (Fsp3) is 0.500.